The van der Waals surface area contributed by atoms with Gasteiger partial charge in [0.15, 0.2) is 0 Å². The van der Waals surface area contributed by atoms with Crippen molar-refractivity contribution < 1.29 is 4.79 Å². The van der Waals surface area contributed by atoms with Gasteiger partial charge in [-0.1, -0.05) is 12.8 Å². The number of piperazine rings is 1. The lowest BCUT2D eigenvalue weighted by atomic mass is 10.2. The second kappa shape index (κ2) is 4.30. The van der Waals surface area contributed by atoms with Crippen LogP contribution < -0.4 is 0 Å². The van der Waals surface area contributed by atoms with Gasteiger partial charge in [0.1, 0.15) is 0 Å². The highest BCUT2D eigenvalue weighted by Crippen LogP contribution is 2.24. The van der Waals surface area contributed by atoms with Crippen molar-refractivity contribution in [3.63, 3.8) is 0 Å². The summed E-state index contributed by atoms with van der Waals surface area (Å²) in [6, 6.07) is 0.706. The van der Waals surface area contributed by atoms with E-state index in [1.165, 1.54) is 25.7 Å². The van der Waals surface area contributed by atoms with E-state index in [1.807, 2.05) is 4.90 Å². The number of hydrogen-bond donors (Lipinski definition) is 0. The molecule has 0 aromatic rings. The molecule has 0 aromatic heterocycles. The molecule has 1 saturated heterocycles. The Balaban J connectivity index is 1.88. The lowest BCUT2D eigenvalue weighted by Crippen LogP contribution is -2.52. The molecule has 2 fully saturated rings. The first-order chi connectivity index (χ1) is 6.81. The number of carbonyl (C=O) groups is 1. The first kappa shape index (κ1) is 9.97. The molecule has 14 heavy (non-hydrogen) atoms. The molecule has 1 heterocycles. The molecule has 0 N–H and O–H groups in total. The summed E-state index contributed by atoms with van der Waals surface area (Å²) in [5.41, 5.74) is 0. The molecule has 0 spiro atoms. The third-order valence-corrected chi connectivity index (χ3v) is 3.57. The minimum atomic E-state index is 0.325. The third kappa shape index (κ3) is 1.92. The van der Waals surface area contributed by atoms with Crippen LogP contribution in [0, 0.1) is 0 Å². The molecule has 1 aliphatic carbocycles. The van der Waals surface area contributed by atoms with Gasteiger partial charge in [-0.05, 0) is 19.8 Å². The van der Waals surface area contributed by atoms with Crippen molar-refractivity contribution in [2.24, 2.45) is 0 Å². The van der Waals surface area contributed by atoms with Gasteiger partial charge in [0.2, 0.25) is 5.91 Å². The van der Waals surface area contributed by atoms with E-state index in [9.17, 15) is 4.79 Å². The zero-order valence-corrected chi connectivity index (χ0v) is 9.04. The Labute approximate surface area is 86.1 Å². The van der Waals surface area contributed by atoms with E-state index in [2.05, 4.69) is 11.8 Å². The fourth-order valence-corrected chi connectivity index (χ4v) is 2.64. The Hall–Kier alpha value is -0.570. The summed E-state index contributed by atoms with van der Waals surface area (Å²) in [5, 5.41) is 0. The minimum Gasteiger partial charge on any atom is -0.341 e. The number of hydrogen-bond acceptors (Lipinski definition) is 2. The lowest BCUT2D eigenvalue weighted by Gasteiger charge is -2.37. The van der Waals surface area contributed by atoms with E-state index in [0.717, 1.165) is 19.6 Å². The quantitative estimate of drug-likeness (QED) is 0.660. The van der Waals surface area contributed by atoms with Gasteiger partial charge in [0, 0.05) is 25.7 Å². The second-order valence-corrected chi connectivity index (χ2v) is 4.38. The SMILES string of the molecule is CCN1CCN(C2CCCC2)CC1=O. The van der Waals surface area contributed by atoms with Crippen LogP contribution >= 0.6 is 0 Å². The van der Waals surface area contributed by atoms with E-state index < -0.39 is 0 Å². The highest BCUT2D eigenvalue weighted by atomic mass is 16.2. The number of likely N-dealkylation sites (N-methyl/N-ethyl adjacent to an activating group) is 1. The lowest BCUT2D eigenvalue weighted by molar-refractivity contribution is -0.136. The van der Waals surface area contributed by atoms with Crippen LogP contribution in [-0.2, 0) is 4.79 Å². The summed E-state index contributed by atoms with van der Waals surface area (Å²) in [7, 11) is 0. The smallest absolute Gasteiger partial charge is 0.236 e. The van der Waals surface area contributed by atoms with Crippen molar-refractivity contribution in [2.45, 2.75) is 38.6 Å². The topological polar surface area (TPSA) is 23.6 Å². The van der Waals surface area contributed by atoms with Crippen molar-refractivity contribution in [3.05, 3.63) is 0 Å². The molecular formula is C11H20N2O. The Morgan fingerprint density at radius 2 is 2.00 bits per heavy atom. The minimum absolute atomic E-state index is 0.325. The average molecular weight is 196 g/mol. The molecule has 0 atom stereocenters. The first-order valence-electron chi connectivity index (χ1n) is 5.83. The summed E-state index contributed by atoms with van der Waals surface area (Å²) in [4.78, 5) is 16.0. The van der Waals surface area contributed by atoms with Crippen molar-refractivity contribution >= 4 is 5.91 Å². The molecule has 0 bridgehead atoms. The average Bonchev–Trinajstić information content (AvgIpc) is 2.70. The van der Waals surface area contributed by atoms with E-state index in [4.69, 9.17) is 0 Å². The molecule has 1 amide bonds. The molecule has 1 aliphatic heterocycles. The maximum absolute atomic E-state index is 11.7. The number of nitrogens with zero attached hydrogens (tertiary/aromatic N) is 2. The highest BCUT2D eigenvalue weighted by Gasteiger charge is 2.29. The maximum atomic E-state index is 11.7. The molecule has 3 nitrogen and oxygen atoms in total. The largest absolute Gasteiger partial charge is 0.341 e. The summed E-state index contributed by atoms with van der Waals surface area (Å²) in [6.07, 6.45) is 5.32. The first-order valence-corrected chi connectivity index (χ1v) is 5.83. The summed E-state index contributed by atoms with van der Waals surface area (Å²) in [5.74, 6) is 0.325. The van der Waals surface area contributed by atoms with Gasteiger partial charge in [-0.25, -0.2) is 0 Å². The number of amides is 1. The zero-order chi connectivity index (χ0) is 9.97. The van der Waals surface area contributed by atoms with E-state index in [0.29, 0.717) is 18.5 Å². The molecule has 2 rings (SSSR count). The summed E-state index contributed by atoms with van der Waals surface area (Å²) >= 11 is 0. The molecule has 3 heteroatoms. The Bertz CT molecular complexity index is 211. The van der Waals surface area contributed by atoms with E-state index in [-0.39, 0.29) is 0 Å². The predicted molar refractivity (Wildman–Crippen MR) is 56.1 cm³/mol. The molecule has 80 valence electrons. The van der Waals surface area contributed by atoms with Gasteiger partial charge >= 0.3 is 0 Å². The van der Waals surface area contributed by atoms with Crippen LogP contribution in [0.1, 0.15) is 32.6 Å². The van der Waals surface area contributed by atoms with Gasteiger partial charge in [0.05, 0.1) is 6.54 Å². The molecule has 1 saturated carbocycles. The van der Waals surface area contributed by atoms with Crippen molar-refractivity contribution in [1.29, 1.82) is 0 Å². The van der Waals surface area contributed by atoms with Crippen molar-refractivity contribution in [1.82, 2.24) is 9.80 Å². The van der Waals surface area contributed by atoms with E-state index >= 15 is 0 Å². The van der Waals surface area contributed by atoms with Crippen LogP contribution in [0.3, 0.4) is 0 Å². The predicted octanol–water partition coefficient (Wildman–Crippen LogP) is 1.09. The van der Waals surface area contributed by atoms with Crippen molar-refractivity contribution in [2.75, 3.05) is 26.2 Å². The number of rotatable bonds is 2. The summed E-state index contributed by atoms with van der Waals surface area (Å²) in [6.45, 7) is 5.62. The van der Waals surface area contributed by atoms with Gasteiger partial charge in [-0.15, -0.1) is 0 Å². The fraction of sp³-hybridized carbons (Fsp3) is 0.909. The maximum Gasteiger partial charge on any atom is 0.236 e. The van der Waals surface area contributed by atoms with Gasteiger partial charge in [-0.2, -0.15) is 0 Å². The standard InChI is InChI=1S/C11H20N2O/c1-2-12-7-8-13(9-11(12)14)10-5-3-4-6-10/h10H,2-9H2,1H3. The molecular weight excluding hydrogens is 176 g/mol. The van der Waals surface area contributed by atoms with E-state index in [1.54, 1.807) is 0 Å². The van der Waals surface area contributed by atoms with Crippen LogP contribution in [-0.4, -0.2) is 47.9 Å². The van der Waals surface area contributed by atoms with Crippen LogP contribution in [0.25, 0.3) is 0 Å². The zero-order valence-electron chi connectivity index (χ0n) is 9.04. The van der Waals surface area contributed by atoms with Gasteiger partial charge in [0.25, 0.3) is 0 Å². The van der Waals surface area contributed by atoms with Crippen molar-refractivity contribution in [3.8, 4) is 0 Å². The second-order valence-electron chi connectivity index (χ2n) is 4.38. The van der Waals surface area contributed by atoms with Crippen LogP contribution in [0.4, 0.5) is 0 Å². The molecule has 2 aliphatic rings. The third-order valence-electron chi connectivity index (χ3n) is 3.57. The highest BCUT2D eigenvalue weighted by molar-refractivity contribution is 5.79. The monoisotopic (exact) mass is 196 g/mol. The fourth-order valence-electron chi connectivity index (χ4n) is 2.64. The number of carbonyl (C=O) groups excluding carboxylic acids is 1. The molecule has 0 radical (unpaired) electrons. The summed E-state index contributed by atoms with van der Waals surface area (Å²) < 4.78 is 0. The Kier molecular flexibility index (Phi) is 3.06. The molecule has 0 unspecified atom stereocenters. The Morgan fingerprint density at radius 3 is 2.57 bits per heavy atom. The normalized spacial score (nSPS) is 26.1. The van der Waals surface area contributed by atoms with Crippen LogP contribution in [0.5, 0.6) is 0 Å². The van der Waals surface area contributed by atoms with Gasteiger partial charge < -0.3 is 4.90 Å². The van der Waals surface area contributed by atoms with Crippen LogP contribution in [0.2, 0.25) is 0 Å². The van der Waals surface area contributed by atoms with Crippen LogP contribution in [0.15, 0.2) is 0 Å². The Morgan fingerprint density at radius 1 is 1.29 bits per heavy atom. The molecule has 0 aromatic carbocycles. The van der Waals surface area contributed by atoms with Gasteiger partial charge in [-0.3, -0.25) is 9.69 Å².